The van der Waals surface area contributed by atoms with Crippen molar-refractivity contribution in [1.82, 2.24) is 0 Å². The average molecular weight is 224 g/mol. The van der Waals surface area contributed by atoms with Crippen LogP contribution in [0.3, 0.4) is 0 Å². The maximum Gasteiger partial charge on any atom is 0.0695 e. The van der Waals surface area contributed by atoms with E-state index in [0.717, 1.165) is 12.8 Å². The van der Waals surface area contributed by atoms with Gasteiger partial charge in [-0.3, -0.25) is 0 Å². The van der Waals surface area contributed by atoms with E-state index in [1.54, 1.807) is 0 Å². The number of allylic oxidation sites excluding steroid dienone is 1. The van der Waals surface area contributed by atoms with E-state index in [1.165, 1.54) is 0 Å². The number of aliphatic hydroxyl groups is 1. The molecular formula is C6H9IO. The zero-order valence-corrected chi connectivity index (χ0v) is 6.71. The molecule has 0 spiro atoms. The van der Waals surface area contributed by atoms with Gasteiger partial charge in [0.15, 0.2) is 0 Å². The van der Waals surface area contributed by atoms with E-state index in [-0.39, 0.29) is 6.10 Å². The minimum atomic E-state index is -0.0967. The number of aliphatic hydroxyl groups excluding tert-OH is 1. The molecule has 0 saturated heterocycles. The molecule has 1 aliphatic carbocycles. The molecule has 0 saturated carbocycles. The molecule has 8 heavy (non-hydrogen) atoms. The summed E-state index contributed by atoms with van der Waals surface area (Å²) in [6, 6.07) is 0. The Hall–Kier alpha value is 0.430. The van der Waals surface area contributed by atoms with Crippen molar-refractivity contribution in [3.05, 3.63) is 12.2 Å². The lowest BCUT2D eigenvalue weighted by Gasteiger charge is -2.17. The van der Waals surface area contributed by atoms with E-state index in [2.05, 4.69) is 28.7 Å². The molecule has 0 heterocycles. The van der Waals surface area contributed by atoms with Crippen LogP contribution in [0.2, 0.25) is 0 Å². The topological polar surface area (TPSA) is 20.2 Å². The Morgan fingerprint density at radius 2 is 2.00 bits per heavy atom. The van der Waals surface area contributed by atoms with E-state index >= 15 is 0 Å². The van der Waals surface area contributed by atoms with Crippen molar-refractivity contribution in [2.24, 2.45) is 0 Å². The van der Waals surface area contributed by atoms with Crippen LogP contribution in [0.4, 0.5) is 0 Å². The van der Waals surface area contributed by atoms with Gasteiger partial charge in [0.1, 0.15) is 0 Å². The SMILES string of the molecule is O[C@H]1CC=CC[C@H]1I. The van der Waals surface area contributed by atoms with E-state index in [9.17, 15) is 0 Å². The van der Waals surface area contributed by atoms with Crippen LogP contribution in [0.25, 0.3) is 0 Å². The summed E-state index contributed by atoms with van der Waals surface area (Å²) in [6.45, 7) is 0. The molecule has 0 unspecified atom stereocenters. The molecule has 1 nitrogen and oxygen atoms in total. The van der Waals surface area contributed by atoms with Crippen LogP contribution in [-0.4, -0.2) is 15.1 Å². The number of rotatable bonds is 0. The zero-order chi connectivity index (χ0) is 5.98. The van der Waals surface area contributed by atoms with Crippen LogP contribution in [0.15, 0.2) is 12.2 Å². The molecule has 0 aromatic carbocycles. The van der Waals surface area contributed by atoms with Crippen LogP contribution >= 0.6 is 22.6 Å². The summed E-state index contributed by atoms with van der Waals surface area (Å²) in [4.78, 5) is 0. The predicted molar refractivity (Wildman–Crippen MR) is 42.2 cm³/mol. The lowest BCUT2D eigenvalue weighted by atomic mass is 10.1. The second-order valence-electron chi connectivity index (χ2n) is 2.03. The van der Waals surface area contributed by atoms with Crippen molar-refractivity contribution in [3.63, 3.8) is 0 Å². The Kier molecular flexibility index (Phi) is 2.31. The summed E-state index contributed by atoms with van der Waals surface area (Å²) >= 11 is 2.28. The summed E-state index contributed by atoms with van der Waals surface area (Å²) in [5.41, 5.74) is 0. The van der Waals surface area contributed by atoms with Crippen LogP contribution in [0.5, 0.6) is 0 Å². The van der Waals surface area contributed by atoms with Crippen molar-refractivity contribution in [1.29, 1.82) is 0 Å². The van der Waals surface area contributed by atoms with Gasteiger partial charge in [-0.25, -0.2) is 0 Å². The minimum absolute atomic E-state index is 0.0967. The van der Waals surface area contributed by atoms with Gasteiger partial charge in [-0.1, -0.05) is 34.7 Å². The van der Waals surface area contributed by atoms with Gasteiger partial charge in [-0.2, -0.15) is 0 Å². The molecule has 2 heteroatoms. The first kappa shape index (κ1) is 6.55. The van der Waals surface area contributed by atoms with Gasteiger partial charge in [0.2, 0.25) is 0 Å². The zero-order valence-electron chi connectivity index (χ0n) is 4.55. The van der Waals surface area contributed by atoms with Crippen LogP contribution < -0.4 is 0 Å². The summed E-state index contributed by atoms with van der Waals surface area (Å²) in [6.07, 6.45) is 5.94. The monoisotopic (exact) mass is 224 g/mol. The van der Waals surface area contributed by atoms with E-state index in [1.807, 2.05) is 6.08 Å². The molecule has 0 aromatic rings. The maximum absolute atomic E-state index is 9.12. The number of alkyl halides is 1. The third-order valence-electron chi connectivity index (χ3n) is 1.32. The lowest BCUT2D eigenvalue weighted by Crippen LogP contribution is -2.20. The van der Waals surface area contributed by atoms with Gasteiger partial charge < -0.3 is 5.11 Å². The number of hydrogen-bond acceptors (Lipinski definition) is 1. The highest BCUT2D eigenvalue weighted by Gasteiger charge is 2.15. The van der Waals surface area contributed by atoms with Gasteiger partial charge in [-0.15, -0.1) is 0 Å². The second kappa shape index (κ2) is 2.82. The van der Waals surface area contributed by atoms with Gasteiger partial charge in [0, 0.05) is 3.92 Å². The Bertz CT molecular complexity index is 88.7. The number of halogens is 1. The molecule has 1 aliphatic rings. The molecule has 2 atom stereocenters. The van der Waals surface area contributed by atoms with Crippen LogP contribution in [0.1, 0.15) is 12.8 Å². The molecular weight excluding hydrogens is 215 g/mol. The third-order valence-corrected chi connectivity index (χ3v) is 2.66. The van der Waals surface area contributed by atoms with E-state index < -0.39 is 0 Å². The summed E-state index contributed by atoms with van der Waals surface area (Å²) in [5, 5.41) is 9.12. The van der Waals surface area contributed by atoms with Crippen molar-refractivity contribution in [2.45, 2.75) is 22.9 Å². The first-order chi connectivity index (χ1) is 3.80. The molecule has 1 N–H and O–H groups in total. The summed E-state index contributed by atoms with van der Waals surface area (Å²) < 4.78 is 0.442. The van der Waals surface area contributed by atoms with Crippen molar-refractivity contribution in [2.75, 3.05) is 0 Å². The van der Waals surface area contributed by atoms with E-state index in [4.69, 9.17) is 5.11 Å². The van der Waals surface area contributed by atoms with Crippen molar-refractivity contribution >= 4 is 22.6 Å². The molecule has 0 radical (unpaired) electrons. The van der Waals surface area contributed by atoms with Gasteiger partial charge in [-0.05, 0) is 12.8 Å². The summed E-state index contributed by atoms with van der Waals surface area (Å²) in [7, 11) is 0. The Labute approximate surface area is 62.9 Å². The Morgan fingerprint density at radius 3 is 2.38 bits per heavy atom. The molecule has 0 aliphatic heterocycles. The highest BCUT2D eigenvalue weighted by atomic mass is 127. The van der Waals surface area contributed by atoms with Crippen molar-refractivity contribution < 1.29 is 5.11 Å². The van der Waals surface area contributed by atoms with E-state index in [0.29, 0.717) is 3.92 Å². The largest absolute Gasteiger partial charge is 0.392 e. The Balaban J connectivity index is 2.44. The second-order valence-corrected chi connectivity index (χ2v) is 3.63. The predicted octanol–water partition coefficient (Wildman–Crippen LogP) is 1.50. The fraction of sp³-hybridized carbons (Fsp3) is 0.667. The first-order valence-electron chi connectivity index (χ1n) is 2.78. The average Bonchev–Trinajstić information content (AvgIpc) is 1.77. The highest BCUT2D eigenvalue weighted by Crippen LogP contribution is 2.19. The van der Waals surface area contributed by atoms with Crippen molar-refractivity contribution in [3.8, 4) is 0 Å². The third kappa shape index (κ3) is 1.45. The smallest absolute Gasteiger partial charge is 0.0695 e. The minimum Gasteiger partial charge on any atom is -0.392 e. The number of hydrogen-bond donors (Lipinski definition) is 1. The first-order valence-corrected chi connectivity index (χ1v) is 4.02. The Morgan fingerprint density at radius 1 is 1.38 bits per heavy atom. The van der Waals surface area contributed by atoms with Gasteiger partial charge >= 0.3 is 0 Å². The molecule has 1 rings (SSSR count). The van der Waals surface area contributed by atoms with Crippen LogP contribution in [-0.2, 0) is 0 Å². The normalized spacial score (nSPS) is 37.8. The molecule has 0 aromatic heterocycles. The molecule has 0 fully saturated rings. The quantitative estimate of drug-likeness (QED) is 0.375. The van der Waals surface area contributed by atoms with Crippen LogP contribution in [0, 0.1) is 0 Å². The standard InChI is InChI=1S/C6H9IO/c7-5-3-1-2-4-6(5)8/h1-2,5-6,8H,3-4H2/t5-,6+/m1/s1. The molecule has 0 bridgehead atoms. The highest BCUT2D eigenvalue weighted by molar-refractivity contribution is 14.1. The fourth-order valence-corrected chi connectivity index (χ4v) is 1.35. The van der Waals surface area contributed by atoms with Gasteiger partial charge in [0.25, 0.3) is 0 Å². The molecule has 46 valence electrons. The van der Waals surface area contributed by atoms with Gasteiger partial charge in [0.05, 0.1) is 6.10 Å². The maximum atomic E-state index is 9.12. The molecule has 0 amide bonds. The fourth-order valence-electron chi connectivity index (χ4n) is 0.767. The summed E-state index contributed by atoms with van der Waals surface area (Å²) in [5.74, 6) is 0. The lowest BCUT2D eigenvalue weighted by molar-refractivity contribution is 0.175.